The molecule has 1 amide bonds. The zero-order chi connectivity index (χ0) is 15.5. The van der Waals surface area contributed by atoms with E-state index in [0.29, 0.717) is 6.54 Å². The summed E-state index contributed by atoms with van der Waals surface area (Å²) in [5, 5.41) is 12.5. The molecule has 0 aromatic heterocycles. The van der Waals surface area contributed by atoms with E-state index in [4.69, 9.17) is 0 Å². The highest BCUT2D eigenvalue weighted by atomic mass is 16.3. The molecule has 0 radical (unpaired) electrons. The van der Waals surface area contributed by atoms with E-state index in [1.165, 1.54) is 0 Å². The highest BCUT2D eigenvalue weighted by Crippen LogP contribution is 2.29. The molecule has 116 valence electrons. The molecule has 0 saturated carbocycles. The highest BCUT2D eigenvalue weighted by molar-refractivity contribution is 5.93. The van der Waals surface area contributed by atoms with Gasteiger partial charge in [0.15, 0.2) is 0 Å². The molecule has 1 heterocycles. The molecule has 0 aliphatic carbocycles. The molecule has 1 aromatic rings. The smallest absolute Gasteiger partial charge is 0.238 e. The Kier molecular flexibility index (Phi) is 5.01. The van der Waals surface area contributed by atoms with Crippen LogP contribution in [0.25, 0.3) is 0 Å². The second-order valence-electron chi connectivity index (χ2n) is 6.85. The molecule has 4 nitrogen and oxygen atoms in total. The predicted molar refractivity (Wildman–Crippen MR) is 85.5 cm³/mol. The first-order valence-corrected chi connectivity index (χ1v) is 7.66. The monoisotopic (exact) mass is 290 g/mol. The fourth-order valence-corrected chi connectivity index (χ4v) is 2.72. The fourth-order valence-electron chi connectivity index (χ4n) is 2.72. The Bertz CT molecular complexity index is 486. The van der Waals surface area contributed by atoms with E-state index in [1.54, 1.807) is 0 Å². The van der Waals surface area contributed by atoms with Crippen molar-refractivity contribution in [1.29, 1.82) is 0 Å². The largest absolute Gasteiger partial charge is 0.393 e. The molecule has 0 atom stereocenters. The van der Waals surface area contributed by atoms with Gasteiger partial charge in [-0.2, -0.15) is 0 Å². The van der Waals surface area contributed by atoms with Crippen LogP contribution in [0, 0.1) is 0 Å². The number of aliphatic hydroxyl groups is 1. The van der Waals surface area contributed by atoms with Crippen molar-refractivity contribution in [3.63, 3.8) is 0 Å². The van der Waals surface area contributed by atoms with Gasteiger partial charge in [-0.3, -0.25) is 9.69 Å². The Balaban J connectivity index is 1.97. The van der Waals surface area contributed by atoms with Gasteiger partial charge in [-0.1, -0.05) is 39.0 Å². The van der Waals surface area contributed by atoms with Gasteiger partial charge < -0.3 is 10.4 Å². The molecule has 1 aromatic carbocycles. The molecule has 0 spiro atoms. The third kappa shape index (κ3) is 4.55. The molecule has 2 rings (SSSR count). The van der Waals surface area contributed by atoms with Gasteiger partial charge >= 0.3 is 0 Å². The lowest BCUT2D eigenvalue weighted by molar-refractivity contribution is -0.117. The normalized spacial score (nSPS) is 17.7. The third-order valence-corrected chi connectivity index (χ3v) is 3.93. The molecule has 1 fully saturated rings. The number of rotatable bonds is 3. The number of likely N-dealkylation sites (tertiary alicyclic amines) is 1. The minimum Gasteiger partial charge on any atom is -0.393 e. The van der Waals surface area contributed by atoms with Crippen LogP contribution in [0.4, 0.5) is 5.69 Å². The SMILES string of the molecule is CC(C)(C)c1ccccc1NC(=O)CN1CCC(O)CC1. The number of piperidine rings is 1. The van der Waals surface area contributed by atoms with Crippen LogP contribution in [-0.4, -0.2) is 41.7 Å². The van der Waals surface area contributed by atoms with Crippen LogP contribution >= 0.6 is 0 Å². The van der Waals surface area contributed by atoms with Crippen molar-refractivity contribution in [3.05, 3.63) is 29.8 Å². The number of amides is 1. The summed E-state index contributed by atoms with van der Waals surface area (Å²) in [7, 11) is 0. The van der Waals surface area contributed by atoms with E-state index in [1.807, 2.05) is 18.2 Å². The Hall–Kier alpha value is -1.39. The molecule has 1 aliphatic rings. The van der Waals surface area contributed by atoms with Crippen molar-refractivity contribution in [2.75, 3.05) is 25.0 Å². The van der Waals surface area contributed by atoms with Gasteiger partial charge in [0.2, 0.25) is 5.91 Å². The van der Waals surface area contributed by atoms with E-state index in [2.05, 4.69) is 37.1 Å². The Morgan fingerprint density at radius 3 is 2.52 bits per heavy atom. The standard InChI is InChI=1S/C17H26N2O2/c1-17(2,3)14-6-4-5-7-15(14)18-16(21)12-19-10-8-13(20)9-11-19/h4-7,13,20H,8-12H2,1-3H3,(H,18,21). The fraction of sp³-hybridized carbons (Fsp3) is 0.588. The van der Waals surface area contributed by atoms with Crippen LogP contribution in [0.2, 0.25) is 0 Å². The molecule has 0 bridgehead atoms. The molecule has 0 unspecified atom stereocenters. The minimum absolute atomic E-state index is 0.000886. The lowest BCUT2D eigenvalue weighted by Gasteiger charge is -2.29. The van der Waals surface area contributed by atoms with Gasteiger partial charge in [-0.15, -0.1) is 0 Å². The molecule has 1 saturated heterocycles. The van der Waals surface area contributed by atoms with Crippen LogP contribution in [0.1, 0.15) is 39.2 Å². The minimum atomic E-state index is -0.203. The topological polar surface area (TPSA) is 52.6 Å². The van der Waals surface area contributed by atoms with Crippen molar-refractivity contribution in [2.24, 2.45) is 0 Å². The van der Waals surface area contributed by atoms with Crippen molar-refractivity contribution < 1.29 is 9.90 Å². The number of hydrogen-bond acceptors (Lipinski definition) is 3. The zero-order valence-corrected chi connectivity index (χ0v) is 13.2. The Labute approximate surface area is 127 Å². The number of benzene rings is 1. The van der Waals surface area contributed by atoms with Gasteiger partial charge in [0.25, 0.3) is 0 Å². The number of carbonyl (C=O) groups excluding carboxylic acids is 1. The summed E-state index contributed by atoms with van der Waals surface area (Å²) in [5.74, 6) is 0.0167. The summed E-state index contributed by atoms with van der Waals surface area (Å²) in [4.78, 5) is 14.3. The number of anilines is 1. The molecular formula is C17H26N2O2. The van der Waals surface area contributed by atoms with E-state index < -0.39 is 0 Å². The Morgan fingerprint density at radius 1 is 1.29 bits per heavy atom. The van der Waals surface area contributed by atoms with E-state index in [9.17, 15) is 9.90 Å². The maximum atomic E-state index is 12.2. The summed E-state index contributed by atoms with van der Waals surface area (Å²) in [5.41, 5.74) is 2.04. The van der Waals surface area contributed by atoms with Crippen molar-refractivity contribution in [2.45, 2.75) is 45.1 Å². The second-order valence-corrected chi connectivity index (χ2v) is 6.85. The summed E-state index contributed by atoms with van der Waals surface area (Å²) in [6.07, 6.45) is 1.31. The van der Waals surface area contributed by atoms with E-state index in [0.717, 1.165) is 37.2 Å². The number of nitrogens with one attached hydrogen (secondary N) is 1. The molecular weight excluding hydrogens is 264 g/mol. The van der Waals surface area contributed by atoms with Crippen LogP contribution in [0.3, 0.4) is 0 Å². The van der Waals surface area contributed by atoms with Gasteiger partial charge in [0.1, 0.15) is 0 Å². The lowest BCUT2D eigenvalue weighted by atomic mass is 9.86. The van der Waals surface area contributed by atoms with Crippen LogP contribution in [0.5, 0.6) is 0 Å². The highest BCUT2D eigenvalue weighted by Gasteiger charge is 2.21. The van der Waals surface area contributed by atoms with Gasteiger partial charge in [0.05, 0.1) is 12.6 Å². The number of nitrogens with zero attached hydrogens (tertiary/aromatic N) is 1. The van der Waals surface area contributed by atoms with Crippen molar-refractivity contribution in [3.8, 4) is 0 Å². The molecule has 2 N–H and O–H groups in total. The third-order valence-electron chi connectivity index (χ3n) is 3.93. The predicted octanol–water partition coefficient (Wildman–Crippen LogP) is 2.38. The Morgan fingerprint density at radius 2 is 1.90 bits per heavy atom. The van der Waals surface area contributed by atoms with Gasteiger partial charge in [-0.05, 0) is 29.9 Å². The number of carbonyl (C=O) groups is 1. The summed E-state index contributed by atoms with van der Waals surface area (Å²) in [6.45, 7) is 8.40. The van der Waals surface area contributed by atoms with Crippen LogP contribution in [-0.2, 0) is 10.2 Å². The van der Waals surface area contributed by atoms with E-state index in [-0.39, 0.29) is 17.4 Å². The molecule has 21 heavy (non-hydrogen) atoms. The van der Waals surface area contributed by atoms with Crippen molar-refractivity contribution in [1.82, 2.24) is 4.90 Å². The van der Waals surface area contributed by atoms with Crippen LogP contribution in [0.15, 0.2) is 24.3 Å². The molecule has 1 aliphatic heterocycles. The van der Waals surface area contributed by atoms with Gasteiger partial charge in [0, 0.05) is 18.8 Å². The quantitative estimate of drug-likeness (QED) is 0.898. The summed E-state index contributed by atoms with van der Waals surface area (Å²) < 4.78 is 0. The average Bonchev–Trinajstić information content (AvgIpc) is 2.41. The maximum absolute atomic E-state index is 12.2. The zero-order valence-electron chi connectivity index (χ0n) is 13.2. The first-order valence-electron chi connectivity index (χ1n) is 7.66. The second kappa shape index (κ2) is 6.58. The summed E-state index contributed by atoms with van der Waals surface area (Å²) in [6, 6.07) is 7.97. The van der Waals surface area contributed by atoms with Crippen molar-refractivity contribution >= 4 is 11.6 Å². The molecule has 4 heteroatoms. The maximum Gasteiger partial charge on any atom is 0.238 e. The summed E-state index contributed by atoms with van der Waals surface area (Å²) >= 11 is 0. The first-order chi connectivity index (χ1) is 9.86. The lowest BCUT2D eigenvalue weighted by Crippen LogP contribution is -2.40. The van der Waals surface area contributed by atoms with Gasteiger partial charge in [-0.25, -0.2) is 0 Å². The number of para-hydroxylation sites is 1. The number of aliphatic hydroxyl groups excluding tert-OH is 1. The average molecular weight is 290 g/mol. The van der Waals surface area contributed by atoms with E-state index >= 15 is 0 Å². The van der Waals surface area contributed by atoms with Crippen LogP contribution < -0.4 is 5.32 Å². The first kappa shape index (κ1) is 16.0. The number of hydrogen-bond donors (Lipinski definition) is 2.